The maximum atomic E-state index is 12.0. The highest BCUT2D eigenvalue weighted by Crippen LogP contribution is 2.44. The van der Waals surface area contributed by atoms with Gasteiger partial charge in [0.1, 0.15) is 5.82 Å². The van der Waals surface area contributed by atoms with E-state index in [0.29, 0.717) is 18.0 Å². The van der Waals surface area contributed by atoms with Crippen LogP contribution in [0.25, 0.3) is 10.9 Å². The number of hydrogen-bond acceptors (Lipinski definition) is 3. The van der Waals surface area contributed by atoms with Crippen LogP contribution in [-0.4, -0.2) is 16.0 Å². The van der Waals surface area contributed by atoms with Crippen LogP contribution in [0.15, 0.2) is 29.1 Å². The Kier molecular flexibility index (Phi) is 2.84. The molecule has 1 aromatic heterocycles. The van der Waals surface area contributed by atoms with Gasteiger partial charge in [0.2, 0.25) is 0 Å². The van der Waals surface area contributed by atoms with E-state index in [4.69, 9.17) is 0 Å². The number of fused-ring (bicyclic) bond motifs is 1. The monoisotopic (exact) mass is 269 g/mol. The molecule has 2 fully saturated rings. The van der Waals surface area contributed by atoms with Crippen molar-refractivity contribution in [2.24, 2.45) is 11.8 Å². The Labute approximate surface area is 117 Å². The van der Waals surface area contributed by atoms with Gasteiger partial charge < -0.3 is 10.3 Å². The highest BCUT2D eigenvalue weighted by molar-refractivity contribution is 5.77. The molecule has 4 rings (SSSR count). The minimum atomic E-state index is -0.0400. The Bertz CT molecular complexity index is 673. The minimum absolute atomic E-state index is 0.0400. The summed E-state index contributed by atoms with van der Waals surface area (Å²) in [6.45, 7) is 0.664. The van der Waals surface area contributed by atoms with Crippen molar-refractivity contribution in [3.05, 3.63) is 40.4 Å². The number of para-hydroxylation sites is 1. The largest absolute Gasteiger partial charge is 0.309 e. The van der Waals surface area contributed by atoms with Crippen LogP contribution in [0.1, 0.15) is 31.5 Å². The molecule has 0 radical (unpaired) electrons. The number of aromatic amines is 1. The number of rotatable bonds is 5. The van der Waals surface area contributed by atoms with Crippen LogP contribution in [-0.2, 0) is 6.54 Å². The zero-order valence-electron chi connectivity index (χ0n) is 11.4. The Morgan fingerprint density at radius 3 is 2.60 bits per heavy atom. The lowest BCUT2D eigenvalue weighted by Gasteiger charge is -2.17. The molecule has 0 bridgehead atoms. The zero-order chi connectivity index (χ0) is 13.5. The Balaban J connectivity index is 1.54. The van der Waals surface area contributed by atoms with Crippen LogP contribution in [0.2, 0.25) is 0 Å². The van der Waals surface area contributed by atoms with Crippen molar-refractivity contribution in [3.63, 3.8) is 0 Å². The quantitative estimate of drug-likeness (QED) is 0.875. The normalized spacial score (nSPS) is 18.9. The molecule has 0 unspecified atom stereocenters. The highest BCUT2D eigenvalue weighted by atomic mass is 16.1. The van der Waals surface area contributed by atoms with E-state index >= 15 is 0 Å². The van der Waals surface area contributed by atoms with Crippen LogP contribution >= 0.6 is 0 Å². The molecule has 2 aromatic rings. The highest BCUT2D eigenvalue weighted by Gasteiger charge is 2.41. The molecule has 0 atom stereocenters. The van der Waals surface area contributed by atoms with E-state index in [9.17, 15) is 4.79 Å². The van der Waals surface area contributed by atoms with Crippen molar-refractivity contribution in [1.82, 2.24) is 15.3 Å². The Morgan fingerprint density at radius 2 is 1.90 bits per heavy atom. The van der Waals surface area contributed by atoms with Crippen molar-refractivity contribution in [2.45, 2.75) is 38.3 Å². The van der Waals surface area contributed by atoms with Crippen molar-refractivity contribution in [2.75, 3.05) is 0 Å². The van der Waals surface area contributed by atoms with Crippen LogP contribution in [0.3, 0.4) is 0 Å². The second-order valence-electron chi connectivity index (χ2n) is 6.11. The predicted molar refractivity (Wildman–Crippen MR) is 78.4 cm³/mol. The van der Waals surface area contributed by atoms with Crippen LogP contribution in [0.4, 0.5) is 0 Å². The summed E-state index contributed by atoms with van der Waals surface area (Å²) in [7, 11) is 0. The molecule has 20 heavy (non-hydrogen) atoms. The fourth-order valence-electron chi connectivity index (χ4n) is 3.06. The summed E-state index contributed by atoms with van der Waals surface area (Å²) < 4.78 is 0. The summed E-state index contributed by atoms with van der Waals surface area (Å²) >= 11 is 0. The molecule has 104 valence electrons. The van der Waals surface area contributed by atoms with E-state index in [1.165, 1.54) is 25.7 Å². The molecule has 2 N–H and O–H groups in total. The lowest BCUT2D eigenvalue weighted by atomic mass is 10.1. The van der Waals surface area contributed by atoms with E-state index in [0.717, 1.165) is 23.2 Å². The van der Waals surface area contributed by atoms with Gasteiger partial charge in [0.25, 0.3) is 5.56 Å². The molecule has 1 aromatic carbocycles. The SMILES string of the molecule is O=c1[nH]c(CNC(C2CC2)C2CC2)nc2ccccc12. The van der Waals surface area contributed by atoms with Crippen molar-refractivity contribution >= 4 is 10.9 Å². The number of hydrogen-bond donors (Lipinski definition) is 2. The summed E-state index contributed by atoms with van der Waals surface area (Å²) in [5.41, 5.74) is 0.740. The smallest absolute Gasteiger partial charge is 0.258 e. The van der Waals surface area contributed by atoms with Crippen LogP contribution in [0, 0.1) is 11.8 Å². The van der Waals surface area contributed by atoms with E-state index in [1.807, 2.05) is 24.3 Å². The summed E-state index contributed by atoms with van der Waals surface area (Å²) in [5.74, 6) is 2.46. The molecular weight excluding hydrogens is 250 g/mol. The number of benzene rings is 1. The van der Waals surface area contributed by atoms with Gasteiger partial charge in [0.05, 0.1) is 17.4 Å². The Hall–Kier alpha value is -1.68. The molecule has 2 aliphatic rings. The summed E-state index contributed by atoms with van der Waals surface area (Å²) in [4.78, 5) is 19.5. The van der Waals surface area contributed by atoms with Gasteiger partial charge in [-0.2, -0.15) is 0 Å². The first-order valence-corrected chi connectivity index (χ1v) is 7.52. The third-order valence-corrected chi connectivity index (χ3v) is 4.43. The molecule has 0 spiro atoms. The van der Waals surface area contributed by atoms with Crippen LogP contribution in [0.5, 0.6) is 0 Å². The number of nitrogens with zero attached hydrogens (tertiary/aromatic N) is 1. The first-order chi connectivity index (χ1) is 9.81. The van der Waals surface area contributed by atoms with Gasteiger partial charge in [0.15, 0.2) is 0 Å². The summed E-state index contributed by atoms with van der Waals surface area (Å²) in [6.07, 6.45) is 5.43. The fraction of sp³-hybridized carbons (Fsp3) is 0.500. The van der Waals surface area contributed by atoms with E-state index in [2.05, 4.69) is 15.3 Å². The molecule has 2 aliphatic carbocycles. The maximum absolute atomic E-state index is 12.0. The maximum Gasteiger partial charge on any atom is 0.258 e. The molecule has 4 nitrogen and oxygen atoms in total. The zero-order valence-corrected chi connectivity index (χ0v) is 11.4. The molecule has 0 amide bonds. The van der Waals surface area contributed by atoms with Crippen molar-refractivity contribution in [1.29, 1.82) is 0 Å². The topological polar surface area (TPSA) is 57.8 Å². The summed E-state index contributed by atoms with van der Waals surface area (Å²) in [6, 6.07) is 8.13. The van der Waals surface area contributed by atoms with Gasteiger partial charge in [-0.15, -0.1) is 0 Å². The molecule has 1 heterocycles. The number of H-pyrrole nitrogens is 1. The van der Waals surface area contributed by atoms with Gasteiger partial charge in [-0.3, -0.25) is 4.79 Å². The van der Waals surface area contributed by atoms with Gasteiger partial charge in [0, 0.05) is 6.04 Å². The molecule has 4 heteroatoms. The standard InChI is InChI=1S/C16H19N3O/c20-16-12-3-1-2-4-13(12)18-14(19-16)9-17-15(10-5-6-10)11-7-8-11/h1-4,10-11,15,17H,5-9H2,(H,18,19,20). The van der Waals surface area contributed by atoms with E-state index in [-0.39, 0.29) is 5.56 Å². The first kappa shape index (κ1) is 12.1. The number of nitrogens with one attached hydrogen (secondary N) is 2. The molecular formula is C16H19N3O. The average molecular weight is 269 g/mol. The van der Waals surface area contributed by atoms with Gasteiger partial charge in [-0.25, -0.2) is 4.98 Å². The van der Waals surface area contributed by atoms with Crippen molar-refractivity contribution < 1.29 is 0 Å². The lowest BCUT2D eigenvalue weighted by molar-refractivity contribution is 0.411. The molecule has 0 aliphatic heterocycles. The van der Waals surface area contributed by atoms with E-state index < -0.39 is 0 Å². The number of aromatic nitrogens is 2. The minimum Gasteiger partial charge on any atom is -0.309 e. The predicted octanol–water partition coefficient (Wildman–Crippen LogP) is 2.20. The van der Waals surface area contributed by atoms with Crippen molar-refractivity contribution in [3.8, 4) is 0 Å². The van der Waals surface area contributed by atoms with Crippen LogP contribution < -0.4 is 10.9 Å². The van der Waals surface area contributed by atoms with E-state index in [1.54, 1.807) is 0 Å². The third kappa shape index (κ3) is 2.36. The van der Waals surface area contributed by atoms with Gasteiger partial charge >= 0.3 is 0 Å². The second kappa shape index (κ2) is 4.70. The summed E-state index contributed by atoms with van der Waals surface area (Å²) in [5, 5.41) is 4.28. The third-order valence-electron chi connectivity index (χ3n) is 4.43. The molecule has 0 saturated heterocycles. The fourth-order valence-corrected chi connectivity index (χ4v) is 3.06. The average Bonchev–Trinajstić information content (AvgIpc) is 3.33. The first-order valence-electron chi connectivity index (χ1n) is 7.52. The van der Waals surface area contributed by atoms with Gasteiger partial charge in [-0.1, -0.05) is 12.1 Å². The second-order valence-corrected chi connectivity index (χ2v) is 6.11. The van der Waals surface area contributed by atoms with Gasteiger partial charge in [-0.05, 0) is 49.7 Å². The Morgan fingerprint density at radius 1 is 1.20 bits per heavy atom. The lowest BCUT2D eigenvalue weighted by Crippen LogP contribution is -2.33. The molecule has 2 saturated carbocycles.